The van der Waals surface area contributed by atoms with Crippen LogP contribution in [-0.2, 0) is 9.53 Å². The third-order valence-electron chi connectivity index (χ3n) is 1.34. The number of unbranched alkanes of at least 4 members (excludes halogenated alkanes) is 1. The highest BCUT2D eigenvalue weighted by Crippen LogP contribution is 2.06. The van der Waals surface area contributed by atoms with Gasteiger partial charge in [0.05, 0.1) is 13.8 Å². The Morgan fingerprint density at radius 3 is 2.64 bits per heavy atom. The van der Waals surface area contributed by atoms with E-state index in [0.717, 1.165) is 0 Å². The van der Waals surface area contributed by atoms with E-state index < -0.39 is 5.97 Å². The number of carbonyl (C=O) groups excluding carboxylic acids is 1. The third kappa shape index (κ3) is 4.53. The van der Waals surface area contributed by atoms with E-state index in [1.807, 2.05) is 0 Å². The van der Waals surface area contributed by atoms with Crippen molar-refractivity contribution in [3.05, 3.63) is 12.2 Å². The summed E-state index contributed by atoms with van der Waals surface area (Å²) in [4.78, 5) is 10.7. The molecule has 0 aliphatic rings. The van der Waals surface area contributed by atoms with Gasteiger partial charge in [-0.05, 0) is 19.3 Å². The smallest absolute Gasteiger partial charge is 0.333 e. The number of hydrogen-bond donors (Lipinski definition) is 0. The number of ether oxygens (including phenoxy) is 1. The fourth-order valence-corrected chi connectivity index (χ4v) is 0.679. The zero-order valence-corrected chi connectivity index (χ0v) is 6.73. The van der Waals surface area contributed by atoms with Gasteiger partial charge in [0.25, 0.3) is 0 Å². The molecule has 0 heterocycles. The molecular formula is C8H13FO2. The molecule has 0 saturated heterocycles. The predicted octanol–water partition coefficient (Wildman–Crippen LogP) is 1.86. The number of methoxy groups -OCH3 is 1. The van der Waals surface area contributed by atoms with E-state index >= 15 is 0 Å². The van der Waals surface area contributed by atoms with Crippen molar-refractivity contribution in [3.63, 3.8) is 0 Å². The molecular weight excluding hydrogens is 147 g/mol. The topological polar surface area (TPSA) is 26.3 Å². The Morgan fingerprint density at radius 1 is 1.55 bits per heavy atom. The second-order valence-corrected chi connectivity index (χ2v) is 2.24. The van der Waals surface area contributed by atoms with Crippen LogP contribution in [0.2, 0.25) is 0 Å². The van der Waals surface area contributed by atoms with Crippen LogP contribution in [-0.4, -0.2) is 19.8 Å². The van der Waals surface area contributed by atoms with Crippen LogP contribution < -0.4 is 0 Å². The molecule has 0 spiro atoms. The normalized spacial score (nSPS) is 9.27. The zero-order chi connectivity index (χ0) is 8.69. The molecule has 64 valence electrons. The summed E-state index contributed by atoms with van der Waals surface area (Å²) in [5.74, 6) is -0.399. The standard InChI is InChI=1S/C8H13FO2/c1-7(8(10)11-2)5-3-4-6-9/h1,3-6H2,2H3. The molecule has 0 radical (unpaired) electrons. The van der Waals surface area contributed by atoms with Gasteiger partial charge in [-0.2, -0.15) is 0 Å². The number of esters is 1. The lowest BCUT2D eigenvalue weighted by molar-refractivity contribution is -0.136. The maximum atomic E-state index is 11.6. The average Bonchev–Trinajstić information content (AvgIpc) is 2.03. The van der Waals surface area contributed by atoms with Crippen LogP contribution in [0, 0.1) is 0 Å². The summed E-state index contributed by atoms with van der Waals surface area (Å²) in [6, 6.07) is 0. The molecule has 0 saturated carbocycles. The first-order valence-corrected chi connectivity index (χ1v) is 3.54. The molecule has 0 aliphatic heterocycles. The molecule has 0 aromatic carbocycles. The Hall–Kier alpha value is -0.860. The minimum absolute atomic E-state index is 0.339. The van der Waals surface area contributed by atoms with Gasteiger partial charge in [-0.1, -0.05) is 6.58 Å². The van der Waals surface area contributed by atoms with Crippen molar-refractivity contribution in [2.24, 2.45) is 0 Å². The van der Waals surface area contributed by atoms with E-state index in [9.17, 15) is 9.18 Å². The molecule has 0 N–H and O–H groups in total. The van der Waals surface area contributed by atoms with Crippen molar-refractivity contribution in [1.82, 2.24) is 0 Å². The molecule has 0 amide bonds. The maximum absolute atomic E-state index is 11.6. The summed E-state index contributed by atoms with van der Waals surface area (Å²) >= 11 is 0. The van der Waals surface area contributed by atoms with Crippen molar-refractivity contribution < 1.29 is 13.9 Å². The van der Waals surface area contributed by atoms with Crippen LogP contribution in [0.25, 0.3) is 0 Å². The van der Waals surface area contributed by atoms with Crippen molar-refractivity contribution >= 4 is 5.97 Å². The van der Waals surface area contributed by atoms with Gasteiger partial charge in [0.2, 0.25) is 0 Å². The summed E-state index contributed by atoms with van der Waals surface area (Å²) < 4.78 is 16.0. The summed E-state index contributed by atoms with van der Waals surface area (Å²) in [6.45, 7) is 3.16. The lowest BCUT2D eigenvalue weighted by Gasteiger charge is -2.00. The van der Waals surface area contributed by atoms with Crippen LogP contribution in [0.4, 0.5) is 4.39 Å². The number of alkyl halides is 1. The number of hydrogen-bond acceptors (Lipinski definition) is 2. The minimum Gasteiger partial charge on any atom is -0.466 e. The second-order valence-electron chi connectivity index (χ2n) is 2.24. The molecule has 0 fully saturated rings. The lowest BCUT2D eigenvalue weighted by Crippen LogP contribution is -2.03. The zero-order valence-electron chi connectivity index (χ0n) is 6.73. The first-order valence-electron chi connectivity index (χ1n) is 3.54. The van der Waals surface area contributed by atoms with Crippen LogP contribution in [0.3, 0.4) is 0 Å². The molecule has 0 unspecified atom stereocenters. The molecule has 0 aliphatic carbocycles. The third-order valence-corrected chi connectivity index (χ3v) is 1.34. The Labute approximate surface area is 66.0 Å². The Balaban J connectivity index is 3.44. The Kier molecular flexibility index (Phi) is 5.43. The molecule has 11 heavy (non-hydrogen) atoms. The van der Waals surface area contributed by atoms with Crippen molar-refractivity contribution in [2.75, 3.05) is 13.8 Å². The van der Waals surface area contributed by atoms with Crippen molar-refractivity contribution in [1.29, 1.82) is 0 Å². The summed E-state index contributed by atoms with van der Waals surface area (Å²) in [6.07, 6.45) is 1.66. The molecule has 0 bridgehead atoms. The molecule has 0 aromatic rings. The molecule has 0 rings (SSSR count). The molecule has 2 nitrogen and oxygen atoms in total. The second kappa shape index (κ2) is 5.89. The van der Waals surface area contributed by atoms with Crippen LogP contribution in [0.15, 0.2) is 12.2 Å². The minimum atomic E-state index is -0.399. The Morgan fingerprint density at radius 2 is 2.18 bits per heavy atom. The van der Waals surface area contributed by atoms with Gasteiger partial charge < -0.3 is 4.74 Å². The van der Waals surface area contributed by atoms with E-state index in [-0.39, 0.29) is 6.67 Å². The van der Waals surface area contributed by atoms with Crippen molar-refractivity contribution in [3.8, 4) is 0 Å². The van der Waals surface area contributed by atoms with E-state index in [1.165, 1.54) is 7.11 Å². The highest BCUT2D eigenvalue weighted by Gasteiger charge is 2.04. The summed E-state index contributed by atoms with van der Waals surface area (Å²) in [5.41, 5.74) is 0.418. The van der Waals surface area contributed by atoms with Gasteiger partial charge in [-0.25, -0.2) is 4.79 Å². The predicted molar refractivity (Wildman–Crippen MR) is 41.0 cm³/mol. The Bertz CT molecular complexity index is 143. The maximum Gasteiger partial charge on any atom is 0.333 e. The fraction of sp³-hybridized carbons (Fsp3) is 0.625. The van der Waals surface area contributed by atoms with E-state index in [0.29, 0.717) is 24.8 Å². The first-order chi connectivity index (χ1) is 5.22. The van der Waals surface area contributed by atoms with E-state index in [4.69, 9.17) is 0 Å². The molecule has 0 aromatic heterocycles. The average molecular weight is 160 g/mol. The van der Waals surface area contributed by atoms with Gasteiger partial charge in [0, 0.05) is 5.57 Å². The summed E-state index contributed by atoms with van der Waals surface area (Å²) in [5, 5.41) is 0. The van der Waals surface area contributed by atoms with Gasteiger partial charge in [-0.15, -0.1) is 0 Å². The summed E-state index contributed by atoms with van der Waals surface area (Å²) in [7, 11) is 1.31. The number of rotatable bonds is 5. The highest BCUT2D eigenvalue weighted by molar-refractivity contribution is 5.87. The largest absolute Gasteiger partial charge is 0.466 e. The number of carbonyl (C=O) groups is 1. The lowest BCUT2D eigenvalue weighted by atomic mass is 10.1. The monoisotopic (exact) mass is 160 g/mol. The van der Waals surface area contributed by atoms with Crippen molar-refractivity contribution in [2.45, 2.75) is 19.3 Å². The first kappa shape index (κ1) is 10.1. The molecule has 0 atom stereocenters. The van der Waals surface area contributed by atoms with Gasteiger partial charge >= 0.3 is 5.97 Å². The molecule has 3 heteroatoms. The quantitative estimate of drug-likeness (QED) is 0.348. The SMILES string of the molecule is C=C(CCCCF)C(=O)OC. The highest BCUT2D eigenvalue weighted by atomic mass is 19.1. The number of halogens is 1. The van der Waals surface area contributed by atoms with E-state index in [1.54, 1.807) is 0 Å². The van der Waals surface area contributed by atoms with Gasteiger partial charge in [0.1, 0.15) is 0 Å². The van der Waals surface area contributed by atoms with Crippen LogP contribution in [0.5, 0.6) is 0 Å². The fourth-order valence-electron chi connectivity index (χ4n) is 0.679. The van der Waals surface area contributed by atoms with Gasteiger partial charge in [0.15, 0.2) is 0 Å². The van der Waals surface area contributed by atoms with Crippen LogP contribution >= 0.6 is 0 Å². The van der Waals surface area contributed by atoms with Gasteiger partial charge in [-0.3, -0.25) is 4.39 Å². The van der Waals surface area contributed by atoms with E-state index in [2.05, 4.69) is 11.3 Å². The van der Waals surface area contributed by atoms with Crippen LogP contribution in [0.1, 0.15) is 19.3 Å².